The van der Waals surface area contributed by atoms with E-state index < -0.39 is 0 Å². The van der Waals surface area contributed by atoms with Crippen molar-refractivity contribution in [2.24, 2.45) is 11.7 Å². The second-order valence-electron chi connectivity index (χ2n) is 5.44. The molecule has 0 radical (unpaired) electrons. The Morgan fingerprint density at radius 1 is 1.35 bits per heavy atom. The third kappa shape index (κ3) is 4.50. The first kappa shape index (κ1) is 17.0. The highest BCUT2D eigenvalue weighted by Crippen LogP contribution is 2.32. The van der Waals surface area contributed by atoms with Gasteiger partial charge in [0.15, 0.2) is 0 Å². The van der Waals surface area contributed by atoms with Crippen LogP contribution < -0.4 is 11.1 Å². The number of nitrogens with one attached hydrogen (secondary N) is 1. The zero-order valence-corrected chi connectivity index (χ0v) is 12.9. The smallest absolute Gasteiger partial charge is 0.227 e. The molecule has 1 saturated carbocycles. The average molecular weight is 297 g/mol. The maximum atomic E-state index is 12.5. The summed E-state index contributed by atoms with van der Waals surface area (Å²) in [6.07, 6.45) is 4.29. The molecule has 0 saturated heterocycles. The fourth-order valence-electron chi connectivity index (χ4n) is 2.57. The van der Waals surface area contributed by atoms with E-state index in [0.29, 0.717) is 12.5 Å². The number of rotatable bonds is 7. The molecule has 0 aromatic heterocycles. The molecule has 0 aliphatic heterocycles. The number of carbonyl (C=O) groups is 1. The molecule has 3 nitrogen and oxygen atoms in total. The number of amides is 1. The van der Waals surface area contributed by atoms with Gasteiger partial charge in [0.1, 0.15) is 0 Å². The molecule has 1 aliphatic carbocycles. The minimum Gasteiger partial charge on any atom is -0.351 e. The highest BCUT2D eigenvalue weighted by atomic mass is 35.5. The number of benzene rings is 1. The van der Waals surface area contributed by atoms with Crippen LogP contribution in [0, 0.1) is 5.92 Å². The Balaban J connectivity index is 0.00000200. The van der Waals surface area contributed by atoms with Crippen molar-refractivity contribution in [2.75, 3.05) is 6.54 Å². The number of hydrogen-bond donors (Lipinski definition) is 2. The van der Waals surface area contributed by atoms with Crippen LogP contribution in [0.25, 0.3) is 0 Å². The lowest BCUT2D eigenvalue weighted by Gasteiger charge is -2.21. The monoisotopic (exact) mass is 296 g/mol. The van der Waals surface area contributed by atoms with Gasteiger partial charge < -0.3 is 11.1 Å². The molecule has 0 spiro atoms. The summed E-state index contributed by atoms with van der Waals surface area (Å²) in [5.74, 6) is 0.696. The second-order valence-corrected chi connectivity index (χ2v) is 5.44. The molecule has 0 bridgehead atoms. The first-order chi connectivity index (χ1) is 9.26. The van der Waals surface area contributed by atoms with Crippen LogP contribution in [0.4, 0.5) is 0 Å². The average Bonchev–Trinajstić information content (AvgIpc) is 3.27. The highest BCUT2D eigenvalue weighted by molar-refractivity contribution is 5.85. The molecular weight excluding hydrogens is 272 g/mol. The number of carbonyl (C=O) groups excluding carboxylic acids is 1. The van der Waals surface area contributed by atoms with Crippen LogP contribution in [0.15, 0.2) is 30.3 Å². The largest absolute Gasteiger partial charge is 0.351 e. The predicted octanol–water partition coefficient (Wildman–Crippen LogP) is 2.85. The van der Waals surface area contributed by atoms with Crippen LogP contribution >= 0.6 is 12.4 Å². The number of hydrogen-bond acceptors (Lipinski definition) is 2. The lowest BCUT2D eigenvalue weighted by Crippen LogP contribution is -2.43. The summed E-state index contributed by atoms with van der Waals surface area (Å²) >= 11 is 0. The van der Waals surface area contributed by atoms with Crippen molar-refractivity contribution < 1.29 is 4.79 Å². The van der Waals surface area contributed by atoms with Crippen molar-refractivity contribution in [3.05, 3.63) is 35.9 Å². The number of halogens is 1. The van der Waals surface area contributed by atoms with E-state index in [1.165, 1.54) is 12.8 Å². The zero-order valence-electron chi connectivity index (χ0n) is 12.0. The molecule has 1 aromatic carbocycles. The van der Waals surface area contributed by atoms with Crippen LogP contribution in [0.3, 0.4) is 0 Å². The van der Waals surface area contributed by atoms with E-state index in [0.717, 1.165) is 18.4 Å². The molecule has 3 N–H and O–H groups in total. The van der Waals surface area contributed by atoms with Crippen LogP contribution in [0.1, 0.15) is 44.1 Å². The van der Waals surface area contributed by atoms with Gasteiger partial charge in [-0.3, -0.25) is 4.79 Å². The maximum absolute atomic E-state index is 12.5. The Morgan fingerprint density at radius 3 is 2.50 bits per heavy atom. The molecule has 1 aliphatic rings. The van der Waals surface area contributed by atoms with Gasteiger partial charge in [-0.05, 0) is 30.7 Å². The van der Waals surface area contributed by atoms with E-state index in [2.05, 4.69) is 12.2 Å². The minimum atomic E-state index is -0.0426. The van der Waals surface area contributed by atoms with Gasteiger partial charge >= 0.3 is 0 Å². The Kier molecular flexibility index (Phi) is 7.03. The third-order valence-electron chi connectivity index (χ3n) is 3.87. The van der Waals surface area contributed by atoms with E-state index >= 15 is 0 Å². The standard InChI is InChI=1S/C16H24N2O.ClH/c1-2-6-14(12-7-4-3-5-8-12)16(19)18-15(11-17)13-9-10-13;/h3-5,7-8,13-15H,2,6,9-11,17H2,1H3,(H,18,19);1H. The zero-order chi connectivity index (χ0) is 13.7. The van der Waals surface area contributed by atoms with E-state index in [-0.39, 0.29) is 30.3 Å². The van der Waals surface area contributed by atoms with Crippen LogP contribution in [-0.2, 0) is 4.79 Å². The van der Waals surface area contributed by atoms with Gasteiger partial charge in [-0.25, -0.2) is 0 Å². The van der Waals surface area contributed by atoms with Crippen molar-refractivity contribution in [3.8, 4) is 0 Å². The molecule has 2 atom stereocenters. The summed E-state index contributed by atoms with van der Waals surface area (Å²) in [6.45, 7) is 2.66. The Morgan fingerprint density at radius 2 is 2.00 bits per heavy atom. The lowest BCUT2D eigenvalue weighted by molar-refractivity contribution is -0.123. The van der Waals surface area contributed by atoms with Gasteiger partial charge in [0.2, 0.25) is 5.91 Å². The predicted molar refractivity (Wildman–Crippen MR) is 85.0 cm³/mol. The SMILES string of the molecule is CCCC(C(=O)NC(CN)C1CC1)c1ccccc1.Cl. The van der Waals surface area contributed by atoms with Crippen LogP contribution in [0.5, 0.6) is 0 Å². The Hall–Kier alpha value is -1.06. The summed E-state index contributed by atoms with van der Waals surface area (Å²) in [4.78, 5) is 12.5. The molecular formula is C16H25ClN2O. The third-order valence-corrected chi connectivity index (χ3v) is 3.87. The van der Waals surface area contributed by atoms with Gasteiger partial charge in [-0.1, -0.05) is 43.7 Å². The fraction of sp³-hybridized carbons (Fsp3) is 0.562. The molecule has 2 rings (SSSR count). The summed E-state index contributed by atoms with van der Waals surface area (Å²) < 4.78 is 0. The summed E-state index contributed by atoms with van der Waals surface area (Å²) in [7, 11) is 0. The van der Waals surface area contributed by atoms with E-state index in [9.17, 15) is 4.79 Å². The summed E-state index contributed by atoms with van der Waals surface area (Å²) in [5, 5.41) is 3.15. The number of nitrogens with two attached hydrogens (primary N) is 1. The minimum absolute atomic E-state index is 0. The van der Waals surface area contributed by atoms with E-state index in [1.807, 2.05) is 30.3 Å². The molecule has 20 heavy (non-hydrogen) atoms. The van der Waals surface area contributed by atoms with Crippen LogP contribution in [0.2, 0.25) is 0 Å². The molecule has 1 fully saturated rings. The molecule has 2 unspecified atom stereocenters. The summed E-state index contributed by atoms with van der Waals surface area (Å²) in [5.41, 5.74) is 6.87. The topological polar surface area (TPSA) is 55.1 Å². The van der Waals surface area contributed by atoms with Crippen molar-refractivity contribution in [2.45, 2.75) is 44.6 Å². The van der Waals surface area contributed by atoms with Gasteiger partial charge in [0.25, 0.3) is 0 Å². The first-order valence-electron chi connectivity index (χ1n) is 7.31. The Labute approximate surface area is 127 Å². The maximum Gasteiger partial charge on any atom is 0.227 e. The van der Waals surface area contributed by atoms with E-state index in [1.54, 1.807) is 0 Å². The van der Waals surface area contributed by atoms with Gasteiger partial charge in [-0.15, -0.1) is 12.4 Å². The summed E-state index contributed by atoms with van der Waals surface area (Å²) in [6, 6.07) is 10.2. The first-order valence-corrected chi connectivity index (χ1v) is 7.31. The fourth-order valence-corrected chi connectivity index (χ4v) is 2.57. The Bertz CT molecular complexity index is 406. The lowest BCUT2D eigenvalue weighted by atomic mass is 9.93. The quantitative estimate of drug-likeness (QED) is 0.813. The van der Waals surface area contributed by atoms with Crippen molar-refractivity contribution in [1.29, 1.82) is 0 Å². The van der Waals surface area contributed by atoms with Gasteiger partial charge in [0.05, 0.1) is 5.92 Å². The van der Waals surface area contributed by atoms with Gasteiger partial charge in [-0.2, -0.15) is 0 Å². The molecule has 112 valence electrons. The van der Waals surface area contributed by atoms with Crippen molar-refractivity contribution in [3.63, 3.8) is 0 Å². The van der Waals surface area contributed by atoms with E-state index in [4.69, 9.17) is 5.73 Å². The second kappa shape index (κ2) is 8.28. The molecule has 4 heteroatoms. The molecule has 1 aromatic rings. The van der Waals surface area contributed by atoms with Crippen molar-refractivity contribution >= 4 is 18.3 Å². The van der Waals surface area contributed by atoms with Crippen LogP contribution in [-0.4, -0.2) is 18.5 Å². The highest BCUT2D eigenvalue weighted by Gasteiger charge is 2.32. The molecule has 0 heterocycles. The van der Waals surface area contributed by atoms with Crippen molar-refractivity contribution in [1.82, 2.24) is 5.32 Å². The van der Waals surface area contributed by atoms with Gasteiger partial charge in [0, 0.05) is 12.6 Å². The normalized spacial score (nSPS) is 16.9. The molecule has 1 amide bonds.